The van der Waals surface area contributed by atoms with E-state index in [1.165, 1.54) is 0 Å². The highest BCUT2D eigenvalue weighted by Gasteiger charge is 2.03. The van der Waals surface area contributed by atoms with E-state index in [1.54, 1.807) is 12.5 Å². The molecular formula is C10H11BrN4. The van der Waals surface area contributed by atoms with E-state index in [-0.39, 0.29) is 0 Å². The van der Waals surface area contributed by atoms with Crippen LogP contribution in [0.2, 0.25) is 0 Å². The van der Waals surface area contributed by atoms with Gasteiger partial charge in [-0.1, -0.05) is 0 Å². The molecular weight excluding hydrogens is 256 g/mol. The molecule has 0 saturated carbocycles. The van der Waals surface area contributed by atoms with E-state index in [0.717, 1.165) is 22.4 Å². The third-order valence-corrected chi connectivity index (χ3v) is 2.54. The lowest BCUT2D eigenvalue weighted by Gasteiger charge is -2.05. The van der Waals surface area contributed by atoms with Crippen molar-refractivity contribution >= 4 is 15.9 Å². The van der Waals surface area contributed by atoms with Crippen LogP contribution in [-0.2, 0) is 6.42 Å². The van der Waals surface area contributed by atoms with Crippen molar-refractivity contribution in [2.45, 2.75) is 6.42 Å². The van der Waals surface area contributed by atoms with Gasteiger partial charge in [-0.15, -0.1) is 0 Å². The number of aromatic nitrogens is 3. The summed E-state index contributed by atoms with van der Waals surface area (Å²) >= 11 is 3.35. The Balaban J connectivity index is 2.36. The summed E-state index contributed by atoms with van der Waals surface area (Å²) in [5.41, 5.74) is 6.60. The van der Waals surface area contributed by atoms with Crippen molar-refractivity contribution in [1.82, 2.24) is 14.5 Å². The highest BCUT2D eigenvalue weighted by molar-refractivity contribution is 9.10. The zero-order chi connectivity index (χ0) is 10.7. The molecule has 78 valence electrons. The number of imidazole rings is 1. The Labute approximate surface area is 96.3 Å². The average molecular weight is 267 g/mol. The molecule has 2 N–H and O–H groups in total. The first-order valence-corrected chi connectivity index (χ1v) is 5.44. The molecule has 0 aliphatic heterocycles. The largest absolute Gasteiger partial charge is 0.330 e. The molecule has 0 amide bonds. The predicted molar refractivity (Wildman–Crippen MR) is 61.8 cm³/mol. The molecule has 0 radical (unpaired) electrons. The molecule has 0 spiro atoms. The summed E-state index contributed by atoms with van der Waals surface area (Å²) in [6.45, 7) is 0.613. The van der Waals surface area contributed by atoms with Gasteiger partial charge < -0.3 is 5.73 Å². The Bertz CT molecular complexity index is 435. The fourth-order valence-corrected chi connectivity index (χ4v) is 1.61. The summed E-state index contributed by atoms with van der Waals surface area (Å²) < 4.78 is 2.91. The number of nitrogens with zero attached hydrogens (tertiary/aromatic N) is 3. The number of hydrogen-bond donors (Lipinski definition) is 1. The Kier molecular flexibility index (Phi) is 3.13. The standard InChI is InChI=1S/C10H11BrN4/c11-8-1-2-10(14-5-8)15-7-13-6-9(15)3-4-12/h1-2,5-7H,3-4,12H2. The van der Waals surface area contributed by atoms with Crippen molar-refractivity contribution in [3.05, 3.63) is 41.0 Å². The average Bonchev–Trinajstić information content (AvgIpc) is 2.68. The predicted octanol–water partition coefficient (Wildman–Crippen LogP) is 1.53. The number of pyridine rings is 1. The summed E-state index contributed by atoms with van der Waals surface area (Å²) in [4.78, 5) is 8.39. The first-order chi connectivity index (χ1) is 7.31. The van der Waals surface area contributed by atoms with Gasteiger partial charge in [-0.05, 0) is 34.6 Å². The monoisotopic (exact) mass is 266 g/mol. The molecule has 0 aliphatic carbocycles. The number of nitrogens with two attached hydrogens (primary N) is 1. The summed E-state index contributed by atoms with van der Waals surface area (Å²) in [5.74, 6) is 0.860. The molecule has 15 heavy (non-hydrogen) atoms. The lowest BCUT2D eigenvalue weighted by Crippen LogP contribution is -2.08. The zero-order valence-corrected chi connectivity index (χ0v) is 9.68. The van der Waals surface area contributed by atoms with E-state index >= 15 is 0 Å². The van der Waals surface area contributed by atoms with Gasteiger partial charge in [-0.3, -0.25) is 4.57 Å². The number of halogens is 1. The molecule has 4 nitrogen and oxygen atoms in total. The van der Waals surface area contributed by atoms with E-state index in [1.807, 2.05) is 22.9 Å². The Morgan fingerprint density at radius 3 is 2.87 bits per heavy atom. The van der Waals surface area contributed by atoms with Crippen LogP contribution in [0.1, 0.15) is 5.69 Å². The minimum atomic E-state index is 0.613. The highest BCUT2D eigenvalue weighted by Crippen LogP contribution is 2.12. The maximum Gasteiger partial charge on any atom is 0.138 e. The molecule has 0 saturated heterocycles. The number of hydrogen-bond acceptors (Lipinski definition) is 3. The SMILES string of the molecule is NCCc1cncn1-c1ccc(Br)cn1. The lowest BCUT2D eigenvalue weighted by atomic mass is 10.3. The van der Waals surface area contributed by atoms with Gasteiger partial charge in [0.2, 0.25) is 0 Å². The van der Waals surface area contributed by atoms with E-state index in [0.29, 0.717) is 6.54 Å². The van der Waals surface area contributed by atoms with E-state index in [4.69, 9.17) is 5.73 Å². The third kappa shape index (κ3) is 2.24. The first kappa shape index (κ1) is 10.3. The zero-order valence-electron chi connectivity index (χ0n) is 8.10. The second kappa shape index (κ2) is 4.55. The minimum absolute atomic E-state index is 0.613. The van der Waals surface area contributed by atoms with Crippen molar-refractivity contribution in [1.29, 1.82) is 0 Å². The molecule has 0 atom stereocenters. The smallest absolute Gasteiger partial charge is 0.138 e. The van der Waals surface area contributed by atoms with Crippen LogP contribution in [-0.4, -0.2) is 21.1 Å². The van der Waals surface area contributed by atoms with Crippen molar-refractivity contribution in [2.24, 2.45) is 5.73 Å². The van der Waals surface area contributed by atoms with Crippen LogP contribution in [0.15, 0.2) is 35.3 Å². The first-order valence-electron chi connectivity index (χ1n) is 4.64. The van der Waals surface area contributed by atoms with Crippen molar-refractivity contribution in [3.63, 3.8) is 0 Å². The molecule has 2 aromatic rings. The molecule has 2 heterocycles. The van der Waals surface area contributed by atoms with Crippen LogP contribution < -0.4 is 5.73 Å². The maximum atomic E-state index is 5.52. The van der Waals surface area contributed by atoms with Crippen LogP contribution >= 0.6 is 15.9 Å². The van der Waals surface area contributed by atoms with Crippen LogP contribution in [0.4, 0.5) is 0 Å². The van der Waals surface area contributed by atoms with Gasteiger partial charge in [0, 0.05) is 29.0 Å². The van der Waals surface area contributed by atoms with Crippen LogP contribution in [0.25, 0.3) is 5.82 Å². The topological polar surface area (TPSA) is 56.7 Å². The third-order valence-electron chi connectivity index (χ3n) is 2.07. The molecule has 0 bridgehead atoms. The van der Waals surface area contributed by atoms with Gasteiger partial charge >= 0.3 is 0 Å². The minimum Gasteiger partial charge on any atom is -0.330 e. The molecule has 0 fully saturated rings. The van der Waals surface area contributed by atoms with Gasteiger partial charge in [-0.25, -0.2) is 9.97 Å². The maximum absolute atomic E-state index is 5.52. The molecule has 5 heteroatoms. The van der Waals surface area contributed by atoms with Gasteiger partial charge in [-0.2, -0.15) is 0 Å². The molecule has 0 aromatic carbocycles. The van der Waals surface area contributed by atoms with Crippen LogP contribution in [0.3, 0.4) is 0 Å². The molecule has 2 aromatic heterocycles. The summed E-state index contributed by atoms with van der Waals surface area (Å²) in [5, 5.41) is 0. The summed E-state index contributed by atoms with van der Waals surface area (Å²) in [7, 11) is 0. The van der Waals surface area contributed by atoms with E-state index in [9.17, 15) is 0 Å². The van der Waals surface area contributed by atoms with Gasteiger partial charge in [0.25, 0.3) is 0 Å². The van der Waals surface area contributed by atoms with Gasteiger partial charge in [0.15, 0.2) is 0 Å². The Morgan fingerprint density at radius 2 is 2.20 bits per heavy atom. The Morgan fingerprint density at radius 1 is 1.33 bits per heavy atom. The van der Waals surface area contributed by atoms with Crippen LogP contribution in [0, 0.1) is 0 Å². The number of rotatable bonds is 3. The van der Waals surface area contributed by atoms with Gasteiger partial charge in [0.05, 0.1) is 0 Å². The normalized spacial score (nSPS) is 10.5. The van der Waals surface area contributed by atoms with E-state index < -0.39 is 0 Å². The molecule has 2 rings (SSSR count). The fraction of sp³-hybridized carbons (Fsp3) is 0.200. The lowest BCUT2D eigenvalue weighted by molar-refractivity contribution is 0.855. The molecule has 0 unspecified atom stereocenters. The summed E-state index contributed by atoms with van der Waals surface area (Å²) in [6, 6.07) is 3.89. The Hall–Kier alpha value is -1.20. The van der Waals surface area contributed by atoms with Gasteiger partial charge in [0.1, 0.15) is 12.1 Å². The van der Waals surface area contributed by atoms with Crippen molar-refractivity contribution < 1.29 is 0 Å². The van der Waals surface area contributed by atoms with Crippen LogP contribution in [0.5, 0.6) is 0 Å². The van der Waals surface area contributed by atoms with Crippen molar-refractivity contribution in [2.75, 3.05) is 6.54 Å². The second-order valence-corrected chi connectivity index (χ2v) is 4.04. The second-order valence-electron chi connectivity index (χ2n) is 3.13. The summed E-state index contributed by atoms with van der Waals surface area (Å²) in [6.07, 6.45) is 6.14. The highest BCUT2D eigenvalue weighted by atomic mass is 79.9. The fourth-order valence-electron chi connectivity index (χ4n) is 1.37. The quantitative estimate of drug-likeness (QED) is 0.917. The van der Waals surface area contributed by atoms with Crippen molar-refractivity contribution in [3.8, 4) is 5.82 Å². The van der Waals surface area contributed by atoms with E-state index in [2.05, 4.69) is 25.9 Å². The molecule has 0 aliphatic rings.